The minimum atomic E-state index is -0.165. The second-order valence-corrected chi connectivity index (χ2v) is 3.96. The first-order chi connectivity index (χ1) is 8.74. The first-order valence-electron chi connectivity index (χ1n) is 6.09. The van der Waals surface area contributed by atoms with Gasteiger partial charge in [0.05, 0.1) is 5.69 Å². The molecule has 0 unspecified atom stereocenters. The summed E-state index contributed by atoms with van der Waals surface area (Å²) in [5.74, 6) is 0.357. The number of hydrogen-bond acceptors (Lipinski definition) is 4. The number of unbranched alkanes of at least 4 members (excludes halogenated alkanes) is 2. The summed E-state index contributed by atoms with van der Waals surface area (Å²) in [6, 6.07) is 7.06. The number of para-hydroxylation sites is 2. The van der Waals surface area contributed by atoms with Gasteiger partial charge in [0.1, 0.15) is 5.75 Å². The van der Waals surface area contributed by atoms with Gasteiger partial charge in [0, 0.05) is 13.2 Å². The van der Waals surface area contributed by atoms with E-state index in [-0.39, 0.29) is 19.1 Å². The minimum Gasteiger partial charge on any atom is -0.482 e. The van der Waals surface area contributed by atoms with Gasteiger partial charge in [0.15, 0.2) is 6.61 Å². The van der Waals surface area contributed by atoms with Crippen LogP contribution < -0.4 is 15.8 Å². The molecule has 0 fully saturated rings. The number of ether oxygens (including phenoxy) is 1. The molecule has 0 heterocycles. The van der Waals surface area contributed by atoms with Crippen molar-refractivity contribution < 1.29 is 14.6 Å². The number of aliphatic hydroxyl groups excluding tert-OH is 1. The number of rotatable bonds is 8. The molecule has 100 valence electrons. The molecule has 1 aromatic carbocycles. The zero-order valence-electron chi connectivity index (χ0n) is 10.4. The predicted molar refractivity (Wildman–Crippen MR) is 70.3 cm³/mol. The zero-order valence-corrected chi connectivity index (χ0v) is 10.4. The van der Waals surface area contributed by atoms with E-state index in [0.717, 1.165) is 19.3 Å². The van der Waals surface area contributed by atoms with Gasteiger partial charge < -0.3 is 20.9 Å². The summed E-state index contributed by atoms with van der Waals surface area (Å²) in [4.78, 5) is 11.4. The van der Waals surface area contributed by atoms with Crippen LogP contribution in [0.15, 0.2) is 24.3 Å². The molecule has 18 heavy (non-hydrogen) atoms. The fourth-order valence-electron chi connectivity index (χ4n) is 1.45. The molecule has 5 heteroatoms. The molecule has 0 saturated carbocycles. The minimum absolute atomic E-state index is 0.0335. The van der Waals surface area contributed by atoms with Crippen molar-refractivity contribution in [3.05, 3.63) is 24.3 Å². The van der Waals surface area contributed by atoms with Crippen molar-refractivity contribution in [1.82, 2.24) is 5.32 Å². The summed E-state index contributed by atoms with van der Waals surface area (Å²) in [6.45, 7) is 0.769. The average molecular weight is 252 g/mol. The molecule has 0 bridgehead atoms. The van der Waals surface area contributed by atoms with Crippen LogP contribution in [0, 0.1) is 0 Å². The first kappa shape index (κ1) is 14.3. The van der Waals surface area contributed by atoms with Crippen LogP contribution in [0.2, 0.25) is 0 Å². The third-order valence-electron chi connectivity index (χ3n) is 2.43. The second kappa shape index (κ2) is 8.36. The Morgan fingerprint density at radius 2 is 2.06 bits per heavy atom. The molecule has 1 aromatic rings. The number of carbonyl (C=O) groups excluding carboxylic acids is 1. The molecule has 4 N–H and O–H groups in total. The lowest BCUT2D eigenvalue weighted by molar-refractivity contribution is -0.123. The zero-order chi connectivity index (χ0) is 13.2. The number of nitrogen functional groups attached to an aromatic ring is 1. The Morgan fingerprint density at radius 3 is 2.78 bits per heavy atom. The largest absolute Gasteiger partial charge is 0.482 e. The lowest BCUT2D eigenvalue weighted by Gasteiger charge is -2.08. The Bertz CT molecular complexity index is 369. The molecule has 0 aliphatic carbocycles. The van der Waals surface area contributed by atoms with Crippen molar-refractivity contribution in [3.63, 3.8) is 0 Å². The highest BCUT2D eigenvalue weighted by Gasteiger charge is 2.03. The van der Waals surface area contributed by atoms with Crippen LogP contribution in [-0.4, -0.2) is 30.8 Å². The van der Waals surface area contributed by atoms with Gasteiger partial charge in [-0.1, -0.05) is 12.1 Å². The number of hydrogen-bond donors (Lipinski definition) is 3. The van der Waals surface area contributed by atoms with E-state index < -0.39 is 0 Å². The van der Waals surface area contributed by atoms with Gasteiger partial charge in [0.25, 0.3) is 5.91 Å². The van der Waals surface area contributed by atoms with Crippen molar-refractivity contribution in [2.24, 2.45) is 0 Å². The Morgan fingerprint density at radius 1 is 1.28 bits per heavy atom. The lowest BCUT2D eigenvalue weighted by Crippen LogP contribution is -2.29. The van der Waals surface area contributed by atoms with Crippen molar-refractivity contribution in [2.75, 3.05) is 25.5 Å². The summed E-state index contributed by atoms with van der Waals surface area (Å²) in [6.07, 6.45) is 2.54. The van der Waals surface area contributed by atoms with Gasteiger partial charge in [0.2, 0.25) is 0 Å². The molecule has 0 atom stereocenters. The molecule has 1 rings (SSSR count). The van der Waals surface area contributed by atoms with Crippen LogP contribution >= 0.6 is 0 Å². The number of amides is 1. The molecule has 0 aromatic heterocycles. The van der Waals surface area contributed by atoms with Crippen LogP contribution in [0.25, 0.3) is 0 Å². The number of nitrogens with two attached hydrogens (primary N) is 1. The highest BCUT2D eigenvalue weighted by molar-refractivity contribution is 5.77. The molecular formula is C13H20N2O3. The SMILES string of the molecule is Nc1ccccc1OCC(=O)NCCCCCO. The van der Waals surface area contributed by atoms with Crippen LogP contribution in [0.4, 0.5) is 5.69 Å². The highest BCUT2D eigenvalue weighted by Crippen LogP contribution is 2.19. The normalized spacial score (nSPS) is 10.1. The van der Waals surface area contributed by atoms with E-state index in [1.807, 2.05) is 6.07 Å². The van der Waals surface area contributed by atoms with Gasteiger partial charge in [-0.2, -0.15) is 0 Å². The van der Waals surface area contributed by atoms with E-state index in [9.17, 15) is 4.79 Å². The quantitative estimate of drug-likeness (QED) is 0.474. The van der Waals surface area contributed by atoms with Crippen LogP contribution in [0.3, 0.4) is 0 Å². The molecule has 1 amide bonds. The maximum Gasteiger partial charge on any atom is 0.257 e. The summed E-state index contributed by atoms with van der Waals surface area (Å²) in [5.41, 5.74) is 6.20. The van der Waals surface area contributed by atoms with Crippen LogP contribution in [-0.2, 0) is 4.79 Å². The van der Waals surface area contributed by atoms with Crippen molar-refractivity contribution >= 4 is 11.6 Å². The molecule has 0 aliphatic rings. The van der Waals surface area contributed by atoms with Crippen molar-refractivity contribution in [3.8, 4) is 5.75 Å². The fourth-order valence-corrected chi connectivity index (χ4v) is 1.45. The van der Waals surface area contributed by atoms with Gasteiger partial charge in [-0.05, 0) is 31.4 Å². The predicted octanol–water partition coefficient (Wildman–Crippen LogP) is 0.926. The number of benzene rings is 1. The Labute approximate surface area is 107 Å². The number of anilines is 1. The van der Waals surface area contributed by atoms with E-state index >= 15 is 0 Å². The Kier molecular flexibility index (Phi) is 6.64. The molecule has 0 radical (unpaired) electrons. The average Bonchev–Trinajstić information content (AvgIpc) is 2.37. The van der Waals surface area contributed by atoms with E-state index in [2.05, 4.69) is 5.32 Å². The summed E-state index contributed by atoms with van der Waals surface area (Å²) in [5, 5.41) is 11.3. The topological polar surface area (TPSA) is 84.6 Å². The molecule has 0 aliphatic heterocycles. The third-order valence-corrected chi connectivity index (χ3v) is 2.43. The second-order valence-electron chi connectivity index (χ2n) is 3.96. The first-order valence-corrected chi connectivity index (χ1v) is 6.09. The number of carbonyl (C=O) groups is 1. The number of aliphatic hydroxyl groups is 1. The van der Waals surface area contributed by atoms with E-state index in [4.69, 9.17) is 15.6 Å². The van der Waals surface area contributed by atoms with Gasteiger partial charge in [-0.15, -0.1) is 0 Å². The van der Waals surface area contributed by atoms with Crippen LogP contribution in [0.5, 0.6) is 5.75 Å². The summed E-state index contributed by atoms with van der Waals surface area (Å²) >= 11 is 0. The molecule has 0 saturated heterocycles. The maximum absolute atomic E-state index is 11.4. The summed E-state index contributed by atoms with van der Waals surface area (Å²) in [7, 11) is 0. The lowest BCUT2D eigenvalue weighted by atomic mass is 10.2. The maximum atomic E-state index is 11.4. The van der Waals surface area contributed by atoms with E-state index in [1.165, 1.54) is 0 Å². The van der Waals surface area contributed by atoms with Gasteiger partial charge in [-0.25, -0.2) is 0 Å². The monoisotopic (exact) mass is 252 g/mol. The molecule has 5 nitrogen and oxygen atoms in total. The van der Waals surface area contributed by atoms with Crippen molar-refractivity contribution in [2.45, 2.75) is 19.3 Å². The van der Waals surface area contributed by atoms with E-state index in [0.29, 0.717) is 18.0 Å². The fraction of sp³-hybridized carbons (Fsp3) is 0.462. The van der Waals surface area contributed by atoms with Crippen LogP contribution in [0.1, 0.15) is 19.3 Å². The van der Waals surface area contributed by atoms with E-state index in [1.54, 1.807) is 18.2 Å². The smallest absolute Gasteiger partial charge is 0.257 e. The van der Waals surface area contributed by atoms with Gasteiger partial charge in [-0.3, -0.25) is 4.79 Å². The molecular weight excluding hydrogens is 232 g/mol. The van der Waals surface area contributed by atoms with Gasteiger partial charge >= 0.3 is 0 Å². The van der Waals surface area contributed by atoms with Crippen molar-refractivity contribution in [1.29, 1.82) is 0 Å². The number of nitrogens with one attached hydrogen (secondary N) is 1. The Balaban J connectivity index is 2.15. The third kappa shape index (κ3) is 5.54. The summed E-state index contributed by atoms with van der Waals surface area (Å²) < 4.78 is 5.30. The molecule has 0 spiro atoms. The highest BCUT2D eigenvalue weighted by atomic mass is 16.5. The Hall–Kier alpha value is -1.75. The standard InChI is InChI=1S/C13H20N2O3/c14-11-6-2-3-7-12(11)18-10-13(17)15-8-4-1-5-9-16/h2-3,6-7,16H,1,4-5,8-10,14H2,(H,15,17).